The van der Waals surface area contributed by atoms with Gasteiger partial charge in [-0.1, -0.05) is 54.1 Å². The molecular weight excluding hydrogens is 564 g/mol. The minimum atomic E-state index is 0.669. The summed E-state index contributed by atoms with van der Waals surface area (Å²) >= 11 is 10.9. The molecule has 0 unspecified atom stereocenters. The highest BCUT2D eigenvalue weighted by atomic mass is 35.5. The lowest BCUT2D eigenvalue weighted by Gasteiger charge is -2.15. The van der Waals surface area contributed by atoms with Crippen LogP contribution in [0.5, 0.6) is 0 Å². The molecule has 4 nitrogen and oxygen atoms in total. The molecule has 0 saturated heterocycles. The number of nitrogens with zero attached hydrogens (tertiary/aromatic N) is 4. The molecule has 5 aromatic carbocycles. The van der Waals surface area contributed by atoms with E-state index in [1.165, 1.54) is 40.3 Å². The Hall–Kier alpha value is -4.23. The Kier molecular flexibility index (Phi) is 4.81. The zero-order valence-electron chi connectivity index (χ0n) is 22.1. The Labute approximate surface area is 247 Å². The number of rotatable bonds is 2. The van der Waals surface area contributed by atoms with Crippen LogP contribution in [0.1, 0.15) is 11.6 Å². The first-order valence-electron chi connectivity index (χ1n) is 13.5. The van der Waals surface area contributed by atoms with Crippen LogP contribution >= 0.6 is 34.3 Å². The largest absolute Gasteiger partial charge is 0.295 e. The fourth-order valence-corrected chi connectivity index (χ4v) is 8.91. The minimum absolute atomic E-state index is 0.669. The van der Waals surface area contributed by atoms with Crippen LogP contribution in [0, 0.1) is 13.8 Å². The molecular formula is C34H21ClN4S2. The van der Waals surface area contributed by atoms with Gasteiger partial charge in [0.15, 0.2) is 0 Å². The van der Waals surface area contributed by atoms with Crippen LogP contribution in [-0.2, 0) is 0 Å². The summed E-state index contributed by atoms with van der Waals surface area (Å²) in [5, 5.41) is 5.58. The molecule has 196 valence electrons. The molecule has 0 saturated carbocycles. The maximum Gasteiger partial charge on any atom is 0.111 e. The van der Waals surface area contributed by atoms with E-state index < -0.39 is 0 Å². The third kappa shape index (κ3) is 3.15. The number of thiophene rings is 2. The van der Waals surface area contributed by atoms with Crippen molar-refractivity contribution in [1.82, 2.24) is 19.1 Å². The molecule has 0 spiro atoms. The van der Waals surface area contributed by atoms with E-state index in [0.29, 0.717) is 5.02 Å². The number of imidazole rings is 2. The Balaban J connectivity index is 1.30. The fraction of sp³-hybridized carbons (Fsp3) is 0.0588. The van der Waals surface area contributed by atoms with Crippen molar-refractivity contribution in [2.24, 2.45) is 0 Å². The van der Waals surface area contributed by atoms with E-state index in [0.717, 1.165) is 45.1 Å². The van der Waals surface area contributed by atoms with Gasteiger partial charge in [0.2, 0.25) is 0 Å². The maximum absolute atomic E-state index is 7.33. The van der Waals surface area contributed by atoms with Gasteiger partial charge in [-0.25, -0.2) is 9.97 Å². The third-order valence-corrected chi connectivity index (χ3v) is 10.8. The highest BCUT2D eigenvalue weighted by Gasteiger charge is 2.21. The molecule has 0 aliphatic heterocycles. The number of benzene rings is 5. The molecule has 0 amide bonds. The Morgan fingerprint density at radius 2 is 1.00 bits per heavy atom. The predicted octanol–water partition coefficient (Wildman–Crippen LogP) is 10.4. The summed E-state index contributed by atoms with van der Waals surface area (Å²) in [7, 11) is 0. The van der Waals surface area contributed by atoms with E-state index in [9.17, 15) is 0 Å². The monoisotopic (exact) mass is 584 g/mol. The Morgan fingerprint density at radius 3 is 1.49 bits per heavy atom. The molecule has 41 heavy (non-hydrogen) atoms. The van der Waals surface area contributed by atoms with Crippen molar-refractivity contribution in [2.75, 3.05) is 0 Å². The lowest BCUT2D eigenvalue weighted by Crippen LogP contribution is -2.03. The van der Waals surface area contributed by atoms with Crippen LogP contribution in [0.4, 0.5) is 0 Å². The summed E-state index contributed by atoms with van der Waals surface area (Å²) in [5.41, 5.74) is 5.94. The summed E-state index contributed by atoms with van der Waals surface area (Å²) in [4.78, 5) is 10.2. The average molecular weight is 585 g/mol. The van der Waals surface area contributed by atoms with Crippen LogP contribution < -0.4 is 0 Å². The molecule has 4 aromatic heterocycles. The zero-order chi connectivity index (χ0) is 27.4. The van der Waals surface area contributed by atoms with Crippen molar-refractivity contribution >= 4 is 96.7 Å². The third-order valence-electron chi connectivity index (χ3n) is 8.11. The van der Waals surface area contributed by atoms with Crippen molar-refractivity contribution in [3.05, 3.63) is 108 Å². The van der Waals surface area contributed by atoms with E-state index >= 15 is 0 Å². The van der Waals surface area contributed by atoms with Gasteiger partial charge in [0.25, 0.3) is 0 Å². The highest BCUT2D eigenvalue weighted by molar-refractivity contribution is 7.26. The summed E-state index contributed by atoms with van der Waals surface area (Å²) in [6, 6.07) is 32.1. The molecule has 9 aromatic rings. The van der Waals surface area contributed by atoms with Crippen molar-refractivity contribution in [3.8, 4) is 11.4 Å². The second-order valence-corrected chi connectivity index (χ2v) is 13.0. The standard InChI is InChI=1S/C34H21ClN4S2/c1-18-36-33-24(14-16-28-30(33)20-8-3-5-12-26(20)40-28)38(18)22-10-7-11-23(32(22)35)39-19(2)37-34-25(39)15-17-29-31(34)21-9-4-6-13-27(21)41-29/h3-17H,1-2H3. The molecule has 0 atom stereocenters. The molecule has 0 aliphatic rings. The first kappa shape index (κ1) is 23.5. The average Bonchev–Trinajstić information content (AvgIpc) is 3.72. The number of halogens is 1. The first-order chi connectivity index (χ1) is 20.1. The topological polar surface area (TPSA) is 35.6 Å². The second-order valence-electron chi connectivity index (χ2n) is 10.4. The van der Waals surface area contributed by atoms with E-state index in [2.05, 4.69) is 114 Å². The van der Waals surface area contributed by atoms with Crippen molar-refractivity contribution in [1.29, 1.82) is 0 Å². The number of aryl methyl sites for hydroxylation is 2. The van der Waals surface area contributed by atoms with Crippen molar-refractivity contribution < 1.29 is 0 Å². The predicted molar refractivity (Wildman–Crippen MR) is 176 cm³/mol. The zero-order valence-corrected chi connectivity index (χ0v) is 24.5. The normalized spacial score (nSPS) is 12.3. The maximum atomic E-state index is 7.33. The van der Waals surface area contributed by atoms with E-state index in [1.807, 2.05) is 22.7 Å². The highest BCUT2D eigenvalue weighted by Crippen LogP contribution is 2.42. The Morgan fingerprint density at radius 1 is 0.537 bits per heavy atom. The molecule has 0 bridgehead atoms. The van der Waals surface area contributed by atoms with Crippen molar-refractivity contribution in [2.45, 2.75) is 13.8 Å². The van der Waals surface area contributed by atoms with Crippen molar-refractivity contribution in [3.63, 3.8) is 0 Å². The molecule has 4 heterocycles. The van der Waals surface area contributed by atoms with Crippen LogP contribution in [0.25, 0.3) is 73.8 Å². The van der Waals surface area contributed by atoms with Gasteiger partial charge in [0, 0.05) is 40.3 Å². The number of hydrogen-bond donors (Lipinski definition) is 0. The van der Waals surface area contributed by atoms with Gasteiger partial charge in [0.05, 0.1) is 38.5 Å². The fourth-order valence-electron chi connectivity index (χ4n) is 6.40. The quantitative estimate of drug-likeness (QED) is 0.202. The van der Waals surface area contributed by atoms with Crippen LogP contribution in [0.15, 0.2) is 91.0 Å². The Bertz CT molecular complexity index is 2360. The van der Waals surface area contributed by atoms with E-state index in [4.69, 9.17) is 21.6 Å². The number of aromatic nitrogens is 4. The lowest BCUT2D eigenvalue weighted by molar-refractivity contribution is 0.975. The van der Waals surface area contributed by atoms with Gasteiger partial charge in [-0.05, 0) is 62.4 Å². The summed E-state index contributed by atoms with van der Waals surface area (Å²) in [5.74, 6) is 1.81. The van der Waals surface area contributed by atoms with Crippen LogP contribution in [0.2, 0.25) is 5.02 Å². The van der Waals surface area contributed by atoms with Gasteiger partial charge < -0.3 is 0 Å². The van der Waals surface area contributed by atoms with Crippen LogP contribution in [0.3, 0.4) is 0 Å². The van der Waals surface area contributed by atoms with Crippen LogP contribution in [-0.4, -0.2) is 19.1 Å². The van der Waals surface area contributed by atoms with E-state index in [-0.39, 0.29) is 0 Å². The van der Waals surface area contributed by atoms with E-state index in [1.54, 1.807) is 0 Å². The SMILES string of the molecule is Cc1nc2c3c(ccc2n1-c1cccc(-n2c(C)nc4c5c(ccc42)sc2ccccc25)c1Cl)sc1ccccc13. The summed E-state index contributed by atoms with van der Waals surface area (Å²) < 4.78 is 9.42. The van der Waals surface area contributed by atoms with Gasteiger partial charge in [0.1, 0.15) is 11.6 Å². The summed E-state index contributed by atoms with van der Waals surface area (Å²) in [6.07, 6.45) is 0. The molecule has 0 aliphatic carbocycles. The number of hydrogen-bond acceptors (Lipinski definition) is 4. The molecule has 7 heteroatoms. The lowest BCUT2D eigenvalue weighted by atomic mass is 10.1. The first-order valence-corrected chi connectivity index (χ1v) is 15.5. The molecule has 0 N–H and O–H groups in total. The van der Waals surface area contributed by atoms with Gasteiger partial charge in [-0.2, -0.15) is 0 Å². The second kappa shape index (κ2) is 8.40. The van der Waals surface area contributed by atoms with Gasteiger partial charge >= 0.3 is 0 Å². The molecule has 0 radical (unpaired) electrons. The smallest absolute Gasteiger partial charge is 0.111 e. The van der Waals surface area contributed by atoms with Gasteiger partial charge in [-0.3, -0.25) is 9.13 Å². The number of fused-ring (bicyclic) bond motifs is 10. The summed E-state index contributed by atoms with van der Waals surface area (Å²) in [6.45, 7) is 4.11. The molecule has 0 fully saturated rings. The molecule has 9 rings (SSSR count). The van der Waals surface area contributed by atoms with Gasteiger partial charge in [-0.15, -0.1) is 22.7 Å². The minimum Gasteiger partial charge on any atom is -0.295 e.